The summed E-state index contributed by atoms with van der Waals surface area (Å²) in [7, 11) is 0. The smallest absolute Gasteiger partial charge is 0.335 e. The molecule has 0 spiro atoms. The molecule has 1 aromatic carbocycles. The lowest BCUT2D eigenvalue weighted by atomic mass is 9.32. The van der Waals surface area contributed by atoms with Crippen LogP contribution >= 0.6 is 0 Å². The van der Waals surface area contributed by atoms with Gasteiger partial charge in [0.25, 0.3) is 0 Å². The normalized spacial score (nSPS) is 37.8. The van der Waals surface area contributed by atoms with Gasteiger partial charge in [-0.3, -0.25) is 9.59 Å². The van der Waals surface area contributed by atoms with Crippen molar-refractivity contribution in [2.24, 2.45) is 56.7 Å². The minimum absolute atomic E-state index is 0.0152. The number of nitrogens with zero attached hydrogens (tertiary/aromatic N) is 1. The van der Waals surface area contributed by atoms with Gasteiger partial charge in [-0.2, -0.15) is 0 Å². The van der Waals surface area contributed by atoms with Gasteiger partial charge < -0.3 is 10.0 Å². The third-order valence-electron chi connectivity index (χ3n) is 17.0. The standard InChI is InChI=1S/C47H69NO4/c1-30(2)35-19-25-47(40(50)12-11-28-48(31(3)4)29-22-32(5)49)27-26-45(9)37(41(35)47)17-18-39-44(8)23-20-36(33-13-15-34(16-14-33)42(51)52)43(6,7)38(44)21-24-46(39,45)10/h13-16,20,31,35,37-39,41H,1,11-12,17-19,21-29H2,2-10H3,(H,51,52)/t35-,37+,38-,39+,41+,44-,45+,46+,47+/m0/s1. The van der Waals surface area contributed by atoms with Crippen LogP contribution in [0.3, 0.4) is 0 Å². The van der Waals surface area contributed by atoms with Gasteiger partial charge in [0.05, 0.1) is 5.56 Å². The fraction of sp³-hybridized carbons (Fsp3) is 0.723. The van der Waals surface area contributed by atoms with Gasteiger partial charge in [0.2, 0.25) is 0 Å². The van der Waals surface area contributed by atoms with Gasteiger partial charge in [0, 0.05) is 30.8 Å². The molecule has 52 heavy (non-hydrogen) atoms. The van der Waals surface area contributed by atoms with Crippen LogP contribution in [0.4, 0.5) is 0 Å². The maximum Gasteiger partial charge on any atom is 0.335 e. The molecule has 0 amide bonds. The van der Waals surface area contributed by atoms with Gasteiger partial charge >= 0.3 is 5.97 Å². The molecule has 0 saturated heterocycles. The number of carboxylic acid groups (broad SMARTS) is 1. The molecule has 0 aromatic heterocycles. The van der Waals surface area contributed by atoms with Gasteiger partial charge in [-0.05, 0) is 173 Å². The van der Waals surface area contributed by atoms with Crippen molar-refractivity contribution in [3.8, 4) is 0 Å². The Morgan fingerprint density at radius 2 is 1.54 bits per heavy atom. The Balaban J connectivity index is 1.26. The van der Waals surface area contributed by atoms with Gasteiger partial charge in [-0.25, -0.2) is 4.79 Å². The molecule has 286 valence electrons. The van der Waals surface area contributed by atoms with E-state index >= 15 is 0 Å². The van der Waals surface area contributed by atoms with E-state index in [0.717, 1.165) is 57.2 Å². The molecule has 0 bridgehead atoms. The molecular formula is C47H69NO4. The topological polar surface area (TPSA) is 74.7 Å². The maximum atomic E-state index is 14.7. The van der Waals surface area contributed by atoms with Crippen molar-refractivity contribution in [2.45, 2.75) is 145 Å². The lowest BCUT2D eigenvalue weighted by Crippen LogP contribution is -2.65. The Labute approximate surface area is 315 Å². The van der Waals surface area contributed by atoms with Gasteiger partial charge in [-0.1, -0.05) is 65.0 Å². The number of benzene rings is 1. The molecule has 5 nitrogen and oxygen atoms in total. The Kier molecular flexibility index (Phi) is 10.5. The predicted molar refractivity (Wildman–Crippen MR) is 212 cm³/mol. The van der Waals surface area contributed by atoms with Crippen molar-refractivity contribution in [2.75, 3.05) is 13.1 Å². The summed E-state index contributed by atoms with van der Waals surface area (Å²) >= 11 is 0. The van der Waals surface area contributed by atoms with Crippen LogP contribution in [0.2, 0.25) is 0 Å². The van der Waals surface area contributed by atoms with Crippen molar-refractivity contribution >= 4 is 23.1 Å². The number of carbonyl (C=O) groups is 3. The zero-order chi connectivity index (χ0) is 38.0. The summed E-state index contributed by atoms with van der Waals surface area (Å²) in [6.45, 7) is 27.4. The molecule has 1 aromatic rings. The Morgan fingerprint density at radius 1 is 0.846 bits per heavy atom. The molecule has 5 heteroatoms. The van der Waals surface area contributed by atoms with Crippen LogP contribution in [0.5, 0.6) is 0 Å². The molecule has 6 rings (SSSR count). The van der Waals surface area contributed by atoms with Crippen LogP contribution in [0, 0.1) is 56.7 Å². The van der Waals surface area contributed by atoms with E-state index in [2.05, 4.69) is 72.9 Å². The second kappa shape index (κ2) is 14.0. The SMILES string of the molecule is C=C(C)[C@@H]1CC[C@]2(C(=O)CCCN(CCC(C)=O)C(C)C)CC[C@]3(C)[C@H](CC[C@@H]4[C@@]5(C)CC=C(c6ccc(C(=O)O)cc6)C(C)(C)[C@@H]5CC[C@]43C)[C@@H]12. The first kappa shape index (κ1) is 39.2. The fourth-order valence-electron chi connectivity index (χ4n) is 14.1. The number of aromatic carboxylic acids is 1. The van der Waals surface area contributed by atoms with Gasteiger partial charge in [0.15, 0.2) is 0 Å². The summed E-state index contributed by atoms with van der Waals surface area (Å²) < 4.78 is 0. The summed E-state index contributed by atoms with van der Waals surface area (Å²) in [5.41, 5.74) is 4.50. The Bertz CT molecular complexity index is 1600. The fourth-order valence-corrected chi connectivity index (χ4v) is 14.1. The van der Waals surface area contributed by atoms with E-state index < -0.39 is 5.97 Å². The molecule has 0 heterocycles. The molecule has 0 aliphatic heterocycles. The van der Waals surface area contributed by atoms with Crippen LogP contribution in [0.25, 0.3) is 5.57 Å². The molecular weight excluding hydrogens is 643 g/mol. The van der Waals surface area contributed by atoms with E-state index in [0.29, 0.717) is 59.8 Å². The van der Waals surface area contributed by atoms with Gasteiger partial charge in [0.1, 0.15) is 11.6 Å². The number of carboxylic acids is 1. The zero-order valence-electron chi connectivity index (χ0n) is 34.1. The molecule has 5 aliphatic rings. The summed E-state index contributed by atoms with van der Waals surface area (Å²) in [5.74, 6) is 2.40. The molecule has 9 atom stereocenters. The summed E-state index contributed by atoms with van der Waals surface area (Å²) in [5, 5.41) is 9.50. The summed E-state index contributed by atoms with van der Waals surface area (Å²) in [4.78, 5) is 40.4. The summed E-state index contributed by atoms with van der Waals surface area (Å²) in [6.07, 6.45) is 14.9. The van der Waals surface area contributed by atoms with Crippen molar-refractivity contribution in [3.05, 3.63) is 53.6 Å². The van der Waals surface area contributed by atoms with Crippen LogP contribution in [0.1, 0.15) is 155 Å². The third-order valence-corrected chi connectivity index (χ3v) is 17.0. The molecule has 4 fully saturated rings. The predicted octanol–water partition coefficient (Wildman–Crippen LogP) is 11.1. The van der Waals surface area contributed by atoms with E-state index in [1.54, 1.807) is 19.1 Å². The third kappa shape index (κ3) is 6.12. The van der Waals surface area contributed by atoms with Crippen molar-refractivity contribution in [3.63, 3.8) is 0 Å². The highest BCUT2D eigenvalue weighted by Gasteiger charge is 2.71. The highest BCUT2D eigenvalue weighted by atomic mass is 16.4. The van der Waals surface area contributed by atoms with E-state index in [9.17, 15) is 19.5 Å². The van der Waals surface area contributed by atoms with Gasteiger partial charge in [-0.15, -0.1) is 0 Å². The van der Waals surface area contributed by atoms with Crippen molar-refractivity contribution in [1.29, 1.82) is 0 Å². The second-order valence-electron chi connectivity index (χ2n) is 19.9. The number of rotatable bonds is 12. The number of allylic oxidation sites excluding steroid dienone is 3. The monoisotopic (exact) mass is 712 g/mol. The van der Waals surface area contributed by atoms with Crippen LogP contribution < -0.4 is 0 Å². The molecule has 0 unspecified atom stereocenters. The number of hydrogen-bond acceptors (Lipinski definition) is 4. The lowest BCUT2D eigenvalue weighted by Gasteiger charge is -2.72. The number of fused-ring (bicyclic) bond motifs is 7. The molecule has 1 N–H and O–H groups in total. The van der Waals surface area contributed by atoms with Crippen molar-refractivity contribution in [1.82, 2.24) is 4.90 Å². The van der Waals surface area contributed by atoms with Crippen LogP contribution in [-0.2, 0) is 9.59 Å². The number of carbonyl (C=O) groups excluding carboxylic acids is 2. The van der Waals surface area contributed by atoms with Crippen LogP contribution in [0.15, 0.2) is 42.5 Å². The first-order valence-corrected chi connectivity index (χ1v) is 20.8. The van der Waals surface area contributed by atoms with E-state index in [-0.39, 0.29) is 32.9 Å². The average molecular weight is 712 g/mol. The lowest BCUT2D eigenvalue weighted by molar-refractivity contribution is -0.224. The van der Waals surface area contributed by atoms with Crippen LogP contribution in [-0.4, -0.2) is 46.7 Å². The highest BCUT2D eigenvalue weighted by Crippen LogP contribution is 2.78. The Hall–Kier alpha value is -2.53. The number of ketones is 2. The number of Topliss-reactive ketones (excluding diaryl/α,β-unsaturated/α-hetero) is 2. The first-order chi connectivity index (χ1) is 24.3. The van der Waals surface area contributed by atoms with Crippen molar-refractivity contribution < 1.29 is 19.5 Å². The summed E-state index contributed by atoms with van der Waals surface area (Å²) in [6, 6.07) is 7.92. The number of hydrogen-bond donors (Lipinski definition) is 1. The minimum Gasteiger partial charge on any atom is -0.478 e. The zero-order valence-corrected chi connectivity index (χ0v) is 34.1. The highest BCUT2D eigenvalue weighted by molar-refractivity contribution is 5.88. The molecule has 4 saturated carbocycles. The minimum atomic E-state index is -0.876. The largest absolute Gasteiger partial charge is 0.478 e. The van der Waals surface area contributed by atoms with E-state index in [4.69, 9.17) is 0 Å². The molecule has 5 aliphatic carbocycles. The first-order valence-electron chi connectivity index (χ1n) is 20.8. The average Bonchev–Trinajstić information content (AvgIpc) is 3.47. The van der Waals surface area contributed by atoms with E-state index in [1.807, 2.05) is 12.1 Å². The van der Waals surface area contributed by atoms with E-state index in [1.165, 1.54) is 36.8 Å². The quantitative estimate of drug-likeness (QED) is 0.219. The second-order valence-corrected chi connectivity index (χ2v) is 19.9. The Morgan fingerprint density at radius 3 is 2.15 bits per heavy atom. The maximum absolute atomic E-state index is 14.7. The molecule has 0 radical (unpaired) electrons.